The number of hydrogen-bond donors (Lipinski definition) is 1. The Labute approximate surface area is 102 Å². The van der Waals surface area contributed by atoms with Gasteiger partial charge < -0.3 is 5.73 Å². The van der Waals surface area contributed by atoms with Crippen LogP contribution in [0.4, 0.5) is 5.69 Å². The van der Waals surface area contributed by atoms with Gasteiger partial charge in [0.05, 0.1) is 5.75 Å². The van der Waals surface area contributed by atoms with Gasteiger partial charge in [-0.1, -0.05) is 19.1 Å². The lowest BCUT2D eigenvalue weighted by molar-refractivity contribution is 0.0982. The van der Waals surface area contributed by atoms with E-state index in [0.717, 1.165) is 0 Å². The first-order chi connectivity index (χ1) is 7.94. The monoisotopic (exact) mass is 255 g/mol. The van der Waals surface area contributed by atoms with Gasteiger partial charge in [-0.25, -0.2) is 8.42 Å². The van der Waals surface area contributed by atoms with Crippen molar-refractivity contribution in [3.63, 3.8) is 0 Å². The topological polar surface area (TPSA) is 77.2 Å². The summed E-state index contributed by atoms with van der Waals surface area (Å²) in [7, 11) is -2.98. The van der Waals surface area contributed by atoms with Gasteiger partial charge in [0.2, 0.25) is 0 Å². The molecule has 1 rings (SSSR count). The lowest BCUT2D eigenvalue weighted by atomic mass is 10.1. The zero-order valence-corrected chi connectivity index (χ0v) is 10.7. The van der Waals surface area contributed by atoms with Gasteiger partial charge in [-0.2, -0.15) is 0 Å². The van der Waals surface area contributed by atoms with Crippen LogP contribution in [0.5, 0.6) is 0 Å². The number of Topliss-reactive ketones (excluding diaryl/α,β-unsaturated/α-hetero) is 1. The molecule has 4 nitrogen and oxygen atoms in total. The van der Waals surface area contributed by atoms with Crippen molar-refractivity contribution in [2.45, 2.75) is 19.8 Å². The van der Waals surface area contributed by atoms with Gasteiger partial charge in [-0.15, -0.1) is 0 Å². The molecule has 0 aliphatic carbocycles. The highest BCUT2D eigenvalue weighted by Crippen LogP contribution is 2.10. The smallest absolute Gasteiger partial charge is 0.162 e. The van der Waals surface area contributed by atoms with Crippen molar-refractivity contribution in [3.05, 3.63) is 29.8 Å². The van der Waals surface area contributed by atoms with Crippen LogP contribution < -0.4 is 5.73 Å². The Balaban J connectivity index is 2.51. The third-order valence-electron chi connectivity index (χ3n) is 2.51. The third-order valence-corrected chi connectivity index (χ3v) is 4.30. The molecule has 0 saturated carbocycles. The maximum absolute atomic E-state index is 11.7. The van der Waals surface area contributed by atoms with Crippen LogP contribution in [0, 0.1) is 0 Å². The molecule has 5 heteroatoms. The zero-order valence-electron chi connectivity index (χ0n) is 9.85. The molecule has 0 radical (unpaired) electrons. The first-order valence-corrected chi connectivity index (χ1v) is 7.36. The minimum Gasteiger partial charge on any atom is -0.399 e. The van der Waals surface area contributed by atoms with Crippen LogP contribution in [0.3, 0.4) is 0 Å². The van der Waals surface area contributed by atoms with Crippen molar-refractivity contribution in [2.75, 3.05) is 17.2 Å². The van der Waals surface area contributed by atoms with Gasteiger partial charge in [0, 0.05) is 23.4 Å². The summed E-state index contributed by atoms with van der Waals surface area (Å²) in [6.45, 7) is 1.61. The Morgan fingerprint density at radius 1 is 1.35 bits per heavy atom. The Morgan fingerprint density at radius 2 is 2.06 bits per heavy atom. The van der Waals surface area contributed by atoms with Crippen LogP contribution in [0.1, 0.15) is 30.1 Å². The van der Waals surface area contributed by atoms with E-state index in [1.165, 1.54) is 0 Å². The molecule has 1 aromatic carbocycles. The quantitative estimate of drug-likeness (QED) is 0.619. The molecule has 0 saturated heterocycles. The number of hydrogen-bond acceptors (Lipinski definition) is 4. The van der Waals surface area contributed by atoms with E-state index in [1.54, 1.807) is 31.2 Å². The summed E-state index contributed by atoms with van der Waals surface area (Å²) in [5, 5.41) is 0. The standard InChI is InChI=1S/C12H17NO3S/c1-2-17(15,16)8-4-7-12(14)10-5-3-6-11(13)9-10/h3,5-6,9H,2,4,7-8,13H2,1H3. The van der Waals surface area contributed by atoms with Gasteiger partial charge in [-0.3, -0.25) is 4.79 Å². The molecule has 2 N–H and O–H groups in total. The summed E-state index contributed by atoms with van der Waals surface area (Å²) >= 11 is 0. The number of nitrogen functional groups attached to an aromatic ring is 1. The van der Waals surface area contributed by atoms with Crippen molar-refractivity contribution in [2.24, 2.45) is 0 Å². The fraction of sp³-hybridized carbons (Fsp3) is 0.417. The third kappa shape index (κ3) is 4.56. The minimum absolute atomic E-state index is 0.0661. The summed E-state index contributed by atoms with van der Waals surface area (Å²) in [5.74, 6) is 0.125. The van der Waals surface area contributed by atoms with E-state index in [0.29, 0.717) is 17.7 Å². The summed E-state index contributed by atoms with van der Waals surface area (Å²) in [6, 6.07) is 6.72. The molecule has 0 bridgehead atoms. The SMILES string of the molecule is CCS(=O)(=O)CCCC(=O)c1cccc(N)c1. The van der Waals surface area contributed by atoms with Crippen LogP contribution in [-0.2, 0) is 9.84 Å². The average molecular weight is 255 g/mol. The second kappa shape index (κ2) is 5.82. The number of benzene rings is 1. The number of nitrogens with two attached hydrogens (primary N) is 1. The van der Waals surface area contributed by atoms with Gasteiger partial charge in [0.15, 0.2) is 5.78 Å². The van der Waals surface area contributed by atoms with E-state index >= 15 is 0 Å². The molecule has 0 unspecified atom stereocenters. The number of carbonyl (C=O) groups excluding carboxylic acids is 1. The van der Waals surface area contributed by atoms with Crippen molar-refractivity contribution in [1.29, 1.82) is 0 Å². The summed E-state index contributed by atoms with van der Waals surface area (Å²) in [5.41, 5.74) is 6.65. The summed E-state index contributed by atoms with van der Waals surface area (Å²) < 4.78 is 22.5. The highest BCUT2D eigenvalue weighted by molar-refractivity contribution is 7.91. The van der Waals surface area contributed by atoms with Gasteiger partial charge in [0.25, 0.3) is 0 Å². The lowest BCUT2D eigenvalue weighted by Gasteiger charge is -2.02. The van der Waals surface area contributed by atoms with Crippen LogP contribution in [0.25, 0.3) is 0 Å². The van der Waals surface area contributed by atoms with E-state index in [1.807, 2.05) is 0 Å². The molecular weight excluding hydrogens is 238 g/mol. The molecule has 0 heterocycles. The Kier molecular flexibility index (Phi) is 4.69. The fourth-order valence-corrected chi connectivity index (χ4v) is 2.33. The van der Waals surface area contributed by atoms with Gasteiger partial charge in [0.1, 0.15) is 9.84 Å². The normalized spacial score (nSPS) is 11.4. The number of carbonyl (C=O) groups is 1. The highest BCUT2D eigenvalue weighted by atomic mass is 32.2. The van der Waals surface area contributed by atoms with Gasteiger partial charge in [-0.05, 0) is 18.6 Å². The Hall–Kier alpha value is -1.36. The van der Waals surface area contributed by atoms with Gasteiger partial charge >= 0.3 is 0 Å². The van der Waals surface area contributed by atoms with E-state index in [9.17, 15) is 13.2 Å². The van der Waals surface area contributed by atoms with Crippen molar-refractivity contribution in [3.8, 4) is 0 Å². The molecule has 1 aromatic rings. The number of anilines is 1. The molecule has 0 fully saturated rings. The van der Waals surface area contributed by atoms with Crippen LogP contribution in [0.15, 0.2) is 24.3 Å². The van der Waals surface area contributed by atoms with Crippen molar-refractivity contribution < 1.29 is 13.2 Å². The van der Waals surface area contributed by atoms with E-state index < -0.39 is 9.84 Å². The van der Waals surface area contributed by atoms with E-state index in [-0.39, 0.29) is 23.7 Å². The lowest BCUT2D eigenvalue weighted by Crippen LogP contribution is -2.10. The fourth-order valence-electron chi connectivity index (χ4n) is 1.45. The minimum atomic E-state index is -2.98. The van der Waals surface area contributed by atoms with Crippen molar-refractivity contribution in [1.82, 2.24) is 0 Å². The molecule has 0 atom stereocenters. The first-order valence-electron chi connectivity index (χ1n) is 5.54. The zero-order chi connectivity index (χ0) is 12.9. The second-order valence-corrected chi connectivity index (χ2v) is 6.36. The molecule has 0 aliphatic rings. The van der Waals surface area contributed by atoms with E-state index in [4.69, 9.17) is 5.73 Å². The number of sulfone groups is 1. The average Bonchev–Trinajstić information content (AvgIpc) is 2.28. The maximum Gasteiger partial charge on any atom is 0.162 e. The van der Waals surface area contributed by atoms with Crippen LogP contribution >= 0.6 is 0 Å². The largest absolute Gasteiger partial charge is 0.399 e. The summed E-state index contributed by atoms with van der Waals surface area (Å²) in [6.07, 6.45) is 0.604. The number of ketones is 1. The number of rotatable bonds is 6. The molecule has 94 valence electrons. The van der Waals surface area contributed by atoms with Crippen LogP contribution in [-0.4, -0.2) is 25.7 Å². The van der Waals surface area contributed by atoms with Crippen molar-refractivity contribution >= 4 is 21.3 Å². The predicted octanol–water partition coefficient (Wildman–Crippen LogP) is 1.67. The van der Waals surface area contributed by atoms with E-state index in [2.05, 4.69) is 0 Å². The molecule has 0 amide bonds. The Bertz CT molecular complexity index is 494. The first kappa shape index (κ1) is 13.7. The van der Waals surface area contributed by atoms with Crippen LogP contribution in [0.2, 0.25) is 0 Å². The molecule has 0 spiro atoms. The predicted molar refractivity (Wildman–Crippen MR) is 68.7 cm³/mol. The maximum atomic E-state index is 11.7. The summed E-state index contributed by atoms with van der Waals surface area (Å²) in [4.78, 5) is 11.7. The highest BCUT2D eigenvalue weighted by Gasteiger charge is 2.10. The Morgan fingerprint density at radius 3 is 2.65 bits per heavy atom. The molecule has 17 heavy (non-hydrogen) atoms. The molecule has 0 aromatic heterocycles. The second-order valence-electron chi connectivity index (χ2n) is 3.89. The molecular formula is C12H17NO3S. The molecule has 0 aliphatic heterocycles.